The summed E-state index contributed by atoms with van der Waals surface area (Å²) in [5.74, 6) is 0. The quantitative estimate of drug-likeness (QED) is 0.488. The Hall–Kier alpha value is 1.09. The van der Waals surface area contributed by atoms with Crippen LogP contribution in [0.5, 0.6) is 0 Å². The second-order valence-corrected chi connectivity index (χ2v) is 6.63. The first-order chi connectivity index (χ1) is 4.91. The first kappa shape index (κ1) is 11.1. The van der Waals surface area contributed by atoms with Crippen LogP contribution in [0.25, 0.3) is 0 Å². The van der Waals surface area contributed by atoms with E-state index >= 15 is 0 Å². The van der Waals surface area contributed by atoms with E-state index in [1.54, 1.807) is 0 Å². The molecule has 0 aromatic rings. The van der Waals surface area contributed by atoms with Gasteiger partial charge in [-0.15, -0.1) is 0 Å². The molecule has 0 aliphatic heterocycles. The van der Waals surface area contributed by atoms with E-state index in [2.05, 4.69) is 6.92 Å². The third-order valence-electron chi connectivity index (χ3n) is 1.62. The Bertz CT molecular complexity index is 49.2. The Morgan fingerprint density at radius 1 is 1.00 bits per heavy atom. The average Bonchev–Trinajstić information content (AvgIpc) is 1.97. The van der Waals surface area contributed by atoms with Crippen LogP contribution in [-0.2, 0) is 0 Å². The van der Waals surface area contributed by atoms with Gasteiger partial charge in [-0.1, -0.05) is 0 Å². The van der Waals surface area contributed by atoms with E-state index in [1.807, 2.05) is 0 Å². The van der Waals surface area contributed by atoms with E-state index in [1.165, 1.54) is 43.0 Å². The summed E-state index contributed by atoms with van der Waals surface area (Å²) in [6.45, 7) is 2.26. The molecule has 0 atom stereocenters. The SMILES string of the molecule is CCCCCCC[CH2][Sn][Cl]. The molecule has 0 heterocycles. The van der Waals surface area contributed by atoms with Crippen LogP contribution in [-0.4, -0.2) is 20.0 Å². The number of hydrogen-bond donors (Lipinski definition) is 0. The van der Waals surface area contributed by atoms with Crippen molar-refractivity contribution in [3.05, 3.63) is 0 Å². The van der Waals surface area contributed by atoms with Crippen molar-refractivity contribution >= 4 is 28.9 Å². The van der Waals surface area contributed by atoms with Crippen LogP contribution < -0.4 is 0 Å². The summed E-state index contributed by atoms with van der Waals surface area (Å²) in [6, 6.07) is 0. The van der Waals surface area contributed by atoms with Crippen LogP contribution in [0.15, 0.2) is 0 Å². The van der Waals surface area contributed by atoms with Crippen molar-refractivity contribution in [1.82, 2.24) is 0 Å². The molecule has 2 radical (unpaired) electrons. The van der Waals surface area contributed by atoms with E-state index in [0.717, 1.165) is 0 Å². The van der Waals surface area contributed by atoms with Crippen molar-refractivity contribution < 1.29 is 0 Å². The van der Waals surface area contributed by atoms with Gasteiger partial charge in [0.05, 0.1) is 0 Å². The van der Waals surface area contributed by atoms with Gasteiger partial charge >= 0.3 is 78.8 Å². The van der Waals surface area contributed by atoms with Gasteiger partial charge in [0.15, 0.2) is 0 Å². The maximum atomic E-state index is 5.71. The Morgan fingerprint density at radius 3 is 2.20 bits per heavy atom. The molecule has 0 aromatic carbocycles. The predicted octanol–water partition coefficient (Wildman–Crippen LogP) is 3.62. The molecule has 0 N–H and O–H groups in total. The fraction of sp³-hybridized carbons (Fsp3) is 1.00. The fourth-order valence-electron chi connectivity index (χ4n) is 0.972. The summed E-state index contributed by atoms with van der Waals surface area (Å²) in [6.07, 6.45) is 8.47. The Kier molecular flexibility index (Phi) is 11.2. The van der Waals surface area contributed by atoms with Crippen LogP contribution >= 0.6 is 8.92 Å². The molecule has 0 rings (SSSR count). The van der Waals surface area contributed by atoms with Crippen molar-refractivity contribution in [3.8, 4) is 0 Å². The van der Waals surface area contributed by atoms with Crippen molar-refractivity contribution in [2.24, 2.45) is 0 Å². The van der Waals surface area contributed by atoms with E-state index in [-0.39, 0.29) is 20.0 Å². The molecule has 60 valence electrons. The molecule has 0 nitrogen and oxygen atoms in total. The zero-order chi connectivity index (χ0) is 7.66. The zero-order valence-electron chi connectivity index (χ0n) is 6.83. The third kappa shape index (κ3) is 9.09. The van der Waals surface area contributed by atoms with Crippen LogP contribution in [0.1, 0.15) is 45.4 Å². The summed E-state index contributed by atoms with van der Waals surface area (Å²) in [5, 5.41) is 0. The third-order valence-corrected chi connectivity index (χ3v) is 4.44. The molecule has 0 spiro atoms. The van der Waals surface area contributed by atoms with Crippen molar-refractivity contribution in [2.45, 2.75) is 49.9 Å². The van der Waals surface area contributed by atoms with Gasteiger partial charge in [-0.3, -0.25) is 0 Å². The first-order valence-electron chi connectivity index (χ1n) is 4.25. The molecule has 0 unspecified atom stereocenters. The molecule has 0 aromatic heterocycles. The molecular formula is C8H17ClSn. The summed E-state index contributed by atoms with van der Waals surface area (Å²) in [4.78, 5) is 0. The number of halogens is 1. The van der Waals surface area contributed by atoms with Gasteiger partial charge in [-0.25, -0.2) is 0 Å². The van der Waals surface area contributed by atoms with Gasteiger partial charge in [-0.2, -0.15) is 0 Å². The van der Waals surface area contributed by atoms with Crippen LogP contribution in [0, 0.1) is 0 Å². The average molecular weight is 267 g/mol. The van der Waals surface area contributed by atoms with E-state index in [4.69, 9.17) is 8.92 Å². The van der Waals surface area contributed by atoms with E-state index < -0.39 is 0 Å². The van der Waals surface area contributed by atoms with E-state index in [0.29, 0.717) is 0 Å². The van der Waals surface area contributed by atoms with E-state index in [9.17, 15) is 0 Å². The van der Waals surface area contributed by atoms with Crippen LogP contribution in [0.3, 0.4) is 0 Å². The number of hydrogen-bond acceptors (Lipinski definition) is 0. The summed E-state index contributed by atoms with van der Waals surface area (Å²) in [7, 11) is 5.71. The Balaban J connectivity index is 2.65. The molecule has 10 heavy (non-hydrogen) atoms. The van der Waals surface area contributed by atoms with Gasteiger partial charge in [0.2, 0.25) is 0 Å². The van der Waals surface area contributed by atoms with Crippen LogP contribution in [0.4, 0.5) is 0 Å². The summed E-state index contributed by atoms with van der Waals surface area (Å²) >= 11 is -0.376. The van der Waals surface area contributed by atoms with Gasteiger partial charge in [-0.05, 0) is 0 Å². The van der Waals surface area contributed by atoms with Gasteiger partial charge < -0.3 is 0 Å². The summed E-state index contributed by atoms with van der Waals surface area (Å²) < 4.78 is 1.37. The molecule has 0 bridgehead atoms. The Labute approximate surface area is 78.7 Å². The minimum atomic E-state index is -0.376. The zero-order valence-corrected chi connectivity index (χ0v) is 10.4. The molecule has 0 aliphatic carbocycles. The molecule has 0 fully saturated rings. The maximum absolute atomic E-state index is 5.71. The monoisotopic (exact) mass is 268 g/mol. The fourth-order valence-corrected chi connectivity index (χ4v) is 2.96. The second-order valence-electron chi connectivity index (χ2n) is 2.65. The molecule has 2 heteroatoms. The van der Waals surface area contributed by atoms with Gasteiger partial charge in [0, 0.05) is 0 Å². The van der Waals surface area contributed by atoms with Gasteiger partial charge in [0.25, 0.3) is 0 Å². The standard InChI is InChI=1S/C8H17.ClH.Sn/c1-3-5-7-8-6-4-2;;/h1,3-8H2,2H3;1H;/q;;+1/p-1. The minimum absolute atomic E-state index is 0.376. The molecule has 0 aliphatic rings. The molecule has 0 saturated carbocycles. The topological polar surface area (TPSA) is 0 Å². The molecule has 0 amide bonds. The van der Waals surface area contributed by atoms with Crippen molar-refractivity contribution in [3.63, 3.8) is 0 Å². The van der Waals surface area contributed by atoms with Gasteiger partial charge in [0.1, 0.15) is 0 Å². The number of unbranched alkanes of at least 4 members (excludes halogenated alkanes) is 5. The number of rotatable bonds is 7. The molecule has 0 saturated heterocycles. The van der Waals surface area contributed by atoms with Crippen molar-refractivity contribution in [2.75, 3.05) is 0 Å². The Morgan fingerprint density at radius 2 is 1.60 bits per heavy atom. The van der Waals surface area contributed by atoms with Crippen LogP contribution in [0.2, 0.25) is 4.44 Å². The molecular weight excluding hydrogens is 250 g/mol. The van der Waals surface area contributed by atoms with Crippen molar-refractivity contribution in [1.29, 1.82) is 0 Å². The summed E-state index contributed by atoms with van der Waals surface area (Å²) in [5.41, 5.74) is 0. The normalized spacial score (nSPS) is 10.2. The predicted molar refractivity (Wildman–Crippen MR) is 49.8 cm³/mol. The second kappa shape index (κ2) is 10.1. The first-order valence-corrected chi connectivity index (χ1v) is 9.88.